The molecule has 0 amide bonds. The molecule has 0 aromatic heterocycles. The molecule has 1 fully saturated rings. The van der Waals surface area contributed by atoms with Crippen molar-refractivity contribution in [1.29, 1.82) is 0 Å². The number of nitrogens with two attached hydrogens (primary N) is 2. The van der Waals surface area contributed by atoms with Gasteiger partial charge in [-0.2, -0.15) is 0 Å². The van der Waals surface area contributed by atoms with Crippen LogP contribution in [0.1, 0.15) is 6.42 Å². The Labute approximate surface area is 43.9 Å². The molecule has 42 valence electrons. The highest BCUT2D eigenvalue weighted by atomic mass is 14.7. The Morgan fingerprint density at radius 1 is 1.14 bits per heavy atom. The lowest BCUT2D eigenvalue weighted by Gasteiger charge is -1.86. The third-order valence-electron chi connectivity index (χ3n) is 1.67. The molecule has 2 nitrogen and oxygen atoms in total. The van der Waals surface area contributed by atoms with E-state index in [-0.39, 0.29) is 0 Å². The predicted molar refractivity (Wildman–Crippen MR) is 29.7 cm³/mol. The van der Waals surface area contributed by atoms with Crippen LogP contribution < -0.4 is 11.5 Å². The van der Waals surface area contributed by atoms with Crippen molar-refractivity contribution in [2.45, 2.75) is 6.42 Å². The molecule has 0 saturated heterocycles. The summed E-state index contributed by atoms with van der Waals surface area (Å²) in [4.78, 5) is 0. The van der Waals surface area contributed by atoms with Crippen molar-refractivity contribution in [2.75, 3.05) is 13.1 Å². The maximum absolute atomic E-state index is 5.34. The smallest absolute Gasteiger partial charge is 0.00456 e. The summed E-state index contributed by atoms with van der Waals surface area (Å²) < 4.78 is 0. The summed E-state index contributed by atoms with van der Waals surface area (Å²) in [5.41, 5.74) is 10.7. The lowest BCUT2D eigenvalue weighted by Crippen LogP contribution is -2.08. The van der Waals surface area contributed by atoms with Crippen molar-refractivity contribution in [3.8, 4) is 0 Å². The summed E-state index contributed by atoms with van der Waals surface area (Å²) >= 11 is 0. The molecule has 0 aromatic carbocycles. The third kappa shape index (κ3) is 0.924. The fourth-order valence-corrected chi connectivity index (χ4v) is 0.888. The van der Waals surface area contributed by atoms with Crippen molar-refractivity contribution >= 4 is 0 Å². The molecule has 0 aromatic rings. The molecule has 0 bridgehead atoms. The summed E-state index contributed by atoms with van der Waals surface area (Å²) in [5, 5.41) is 0. The van der Waals surface area contributed by atoms with Gasteiger partial charge in [-0.3, -0.25) is 0 Å². The predicted octanol–water partition coefficient (Wildman–Crippen LogP) is -0.460. The highest BCUT2D eigenvalue weighted by Crippen LogP contribution is 2.35. The molecule has 1 saturated carbocycles. The summed E-state index contributed by atoms with van der Waals surface area (Å²) in [5.74, 6) is 1.54. The fraction of sp³-hybridized carbons (Fsp3) is 1.00. The number of hydrogen-bond donors (Lipinski definition) is 2. The topological polar surface area (TPSA) is 52.0 Å². The Bertz CT molecular complexity index is 55.1. The Morgan fingerprint density at radius 3 is 1.71 bits per heavy atom. The first kappa shape index (κ1) is 5.06. The average Bonchev–Trinajstić information content (AvgIpc) is 2.43. The van der Waals surface area contributed by atoms with Gasteiger partial charge in [-0.15, -0.1) is 0 Å². The molecule has 0 radical (unpaired) electrons. The van der Waals surface area contributed by atoms with Gasteiger partial charge < -0.3 is 11.5 Å². The van der Waals surface area contributed by atoms with E-state index in [1.807, 2.05) is 0 Å². The van der Waals surface area contributed by atoms with E-state index < -0.39 is 0 Å². The normalized spacial score (nSPS) is 38.6. The second-order valence-electron chi connectivity index (χ2n) is 2.23. The molecular weight excluding hydrogens is 88.1 g/mol. The molecule has 0 unspecified atom stereocenters. The maximum Gasteiger partial charge on any atom is -0.00456 e. The van der Waals surface area contributed by atoms with E-state index >= 15 is 0 Å². The van der Waals surface area contributed by atoms with Crippen LogP contribution in [0, 0.1) is 11.8 Å². The van der Waals surface area contributed by atoms with E-state index in [0.717, 1.165) is 24.9 Å². The first-order chi connectivity index (χ1) is 3.38. The Kier molecular flexibility index (Phi) is 1.30. The molecule has 7 heavy (non-hydrogen) atoms. The SMILES string of the molecule is NC[C@@H]1C[C@H]1CN. The number of hydrogen-bond acceptors (Lipinski definition) is 2. The van der Waals surface area contributed by atoms with Gasteiger partial charge in [-0.05, 0) is 31.3 Å². The monoisotopic (exact) mass is 100 g/mol. The van der Waals surface area contributed by atoms with Crippen molar-refractivity contribution in [3.63, 3.8) is 0 Å². The van der Waals surface area contributed by atoms with Gasteiger partial charge >= 0.3 is 0 Å². The molecule has 1 aliphatic carbocycles. The fourth-order valence-electron chi connectivity index (χ4n) is 0.888. The second kappa shape index (κ2) is 1.80. The Balaban J connectivity index is 2.06. The minimum Gasteiger partial charge on any atom is -0.330 e. The zero-order valence-electron chi connectivity index (χ0n) is 4.43. The van der Waals surface area contributed by atoms with Gasteiger partial charge in [0.15, 0.2) is 0 Å². The first-order valence-corrected chi connectivity index (χ1v) is 2.78. The average molecular weight is 100 g/mol. The molecule has 2 atom stereocenters. The molecular formula is C5H12N2. The van der Waals surface area contributed by atoms with Crippen LogP contribution in [-0.4, -0.2) is 13.1 Å². The highest BCUT2D eigenvalue weighted by Gasteiger charge is 2.33. The van der Waals surface area contributed by atoms with Gasteiger partial charge in [0.25, 0.3) is 0 Å². The van der Waals surface area contributed by atoms with E-state index in [2.05, 4.69) is 0 Å². The van der Waals surface area contributed by atoms with Gasteiger partial charge in [-0.25, -0.2) is 0 Å². The van der Waals surface area contributed by atoms with Crippen LogP contribution in [-0.2, 0) is 0 Å². The van der Waals surface area contributed by atoms with Crippen LogP contribution in [0.15, 0.2) is 0 Å². The lowest BCUT2D eigenvalue weighted by atomic mass is 10.3. The van der Waals surface area contributed by atoms with Crippen LogP contribution in [0.4, 0.5) is 0 Å². The van der Waals surface area contributed by atoms with Crippen LogP contribution >= 0.6 is 0 Å². The maximum atomic E-state index is 5.34. The summed E-state index contributed by atoms with van der Waals surface area (Å²) in [6, 6.07) is 0. The molecule has 1 rings (SSSR count). The van der Waals surface area contributed by atoms with Crippen molar-refractivity contribution in [3.05, 3.63) is 0 Å². The summed E-state index contributed by atoms with van der Waals surface area (Å²) in [7, 11) is 0. The van der Waals surface area contributed by atoms with E-state index in [1.165, 1.54) is 6.42 Å². The van der Waals surface area contributed by atoms with Crippen molar-refractivity contribution < 1.29 is 0 Å². The van der Waals surface area contributed by atoms with E-state index in [1.54, 1.807) is 0 Å². The van der Waals surface area contributed by atoms with Gasteiger partial charge in [0.05, 0.1) is 0 Å². The Hall–Kier alpha value is -0.0800. The molecule has 2 heteroatoms. The van der Waals surface area contributed by atoms with E-state index in [9.17, 15) is 0 Å². The minimum absolute atomic E-state index is 0.769. The number of rotatable bonds is 2. The summed E-state index contributed by atoms with van der Waals surface area (Å²) in [6.07, 6.45) is 1.27. The quantitative estimate of drug-likeness (QED) is 0.493. The van der Waals surface area contributed by atoms with Gasteiger partial charge in [0, 0.05) is 0 Å². The van der Waals surface area contributed by atoms with E-state index in [4.69, 9.17) is 11.5 Å². The zero-order chi connectivity index (χ0) is 5.28. The molecule has 0 heterocycles. The first-order valence-electron chi connectivity index (χ1n) is 2.78. The standard InChI is InChI=1S/C5H12N2/c6-2-4-1-5(4)3-7/h4-5H,1-3,6-7H2/t4-,5-/m0/s1. The summed E-state index contributed by atoms with van der Waals surface area (Å²) in [6.45, 7) is 1.67. The van der Waals surface area contributed by atoms with Crippen LogP contribution in [0.2, 0.25) is 0 Å². The third-order valence-corrected chi connectivity index (χ3v) is 1.67. The zero-order valence-corrected chi connectivity index (χ0v) is 4.43. The van der Waals surface area contributed by atoms with E-state index in [0.29, 0.717) is 0 Å². The molecule has 1 aliphatic rings. The lowest BCUT2D eigenvalue weighted by molar-refractivity contribution is 0.715. The largest absolute Gasteiger partial charge is 0.330 e. The molecule has 0 spiro atoms. The second-order valence-corrected chi connectivity index (χ2v) is 2.23. The minimum atomic E-state index is 0.769. The van der Waals surface area contributed by atoms with Gasteiger partial charge in [0.2, 0.25) is 0 Å². The van der Waals surface area contributed by atoms with Gasteiger partial charge in [-0.1, -0.05) is 0 Å². The van der Waals surface area contributed by atoms with Gasteiger partial charge in [0.1, 0.15) is 0 Å². The Morgan fingerprint density at radius 2 is 1.57 bits per heavy atom. The van der Waals surface area contributed by atoms with Crippen LogP contribution in [0.25, 0.3) is 0 Å². The highest BCUT2D eigenvalue weighted by molar-refractivity contribution is 4.86. The van der Waals surface area contributed by atoms with Crippen molar-refractivity contribution in [1.82, 2.24) is 0 Å². The molecule has 0 aliphatic heterocycles. The van der Waals surface area contributed by atoms with Crippen LogP contribution in [0.3, 0.4) is 0 Å². The van der Waals surface area contributed by atoms with Crippen molar-refractivity contribution in [2.24, 2.45) is 23.3 Å². The van der Waals surface area contributed by atoms with Crippen LogP contribution in [0.5, 0.6) is 0 Å². The molecule has 4 N–H and O–H groups in total.